The summed E-state index contributed by atoms with van der Waals surface area (Å²) in [6.07, 6.45) is 2.20. The molecular formula is C8H13ClN2O. The van der Waals surface area contributed by atoms with Gasteiger partial charge in [-0.1, -0.05) is 20.3 Å². The van der Waals surface area contributed by atoms with Gasteiger partial charge in [-0.05, 0) is 6.42 Å². The average Bonchev–Trinajstić information content (AvgIpc) is 2.52. The van der Waals surface area contributed by atoms with Crippen molar-refractivity contribution in [1.29, 1.82) is 0 Å². The van der Waals surface area contributed by atoms with Gasteiger partial charge in [0.25, 0.3) is 0 Å². The summed E-state index contributed by atoms with van der Waals surface area (Å²) in [5.74, 6) is 1.85. The predicted molar refractivity (Wildman–Crippen MR) is 47.2 cm³/mol. The lowest BCUT2D eigenvalue weighted by Gasteiger charge is -2.01. The quantitative estimate of drug-likeness (QED) is 0.682. The zero-order valence-electron chi connectivity index (χ0n) is 7.38. The van der Waals surface area contributed by atoms with Crippen molar-refractivity contribution in [2.24, 2.45) is 0 Å². The van der Waals surface area contributed by atoms with Crippen LogP contribution in [0.15, 0.2) is 4.42 Å². The number of alkyl halides is 1. The number of aromatic nitrogens is 2. The Morgan fingerprint density at radius 2 is 2.25 bits per heavy atom. The summed E-state index contributed by atoms with van der Waals surface area (Å²) in [6, 6.07) is 0. The summed E-state index contributed by atoms with van der Waals surface area (Å²) in [4.78, 5) is 0. The topological polar surface area (TPSA) is 38.9 Å². The maximum absolute atomic E-state index is 5.53. The minimum Gasteiger partial charge on any atom is -0.424 e. The first kappa shape index (κ1) is 9.52. The highest BCUT2D eigenvalue weighted by Gasteiger charge is 2.11. The molecule has 0 aliphatic heterocycles. The highest BCUT2D eigenvalue weighted by molar-refractivity contribution is 6.16. The first-order valence-corrected chi connectivity index (χ1v) is 4.69. The normalized spacial score (nSPS) is 13.2. The summed E-state index contributed by atoms with van der Waals surface area (Å²) < 4.78 is 5.29. The van der Waals surface area contributed by atoms with E-state index in [1.807, 2.05) is 0 Å². The molecule has 68 valence electrons. The van der Waals surface area contributed by atoms with Gasteiger partial charge < -0.3 is 4.42 Å². The maximum atomic E-state index is 5.53. The minimum atomic E-state index is 0.297. The Morgan fingerprint density at radius 3 is 2.75 bits per heavy atom. The maximum Gasteiger partial charge on any atom is 0.231 e. The number of nitrogens with zero attached hydrogens (tertiary/aromatic N) is 2. The molecule has 0 saturated carbocycles. The molecule has 1 unspecified atom stereocenters. The second kappa shape index (κ2) is 4.45. The lowest BCUT2D eigenvalue weighted by Crippen LogP contribution is -1.92. The van der Waals surface area contributed by atoms with Crippen molar-refractivity contribution < 1.29 is 4.42 Å². The van der Waals surface area contributed by atoms with Crippen LogP contribution < -0.4 is 0 Å². The predicted octanol–water partition coefficient (Wildman–Crippen LogP) is 2.71. The third-order valence-corrected chi connectivity index (χ3v) is 1.97. The van der Waals surface area contributed by atoms with E-state index >= 15 is 0 Å². The highest BCUT2D eigenvalue weighted by Crippen LogP contribution is 2.19. The number of hydrogen-bond donors (Lipinski definition) is 0. The van der Waals surface area contributed by atoms with Crippen molar-refractivity contribution in [3.8, 4) is 0 Å². The first-order chi connectivity index (χ1) is 5.77. The number of rotatable bonds is 4. The molecule has 0 aliphatic rings. The van der Waals surface area contributed by atoms with Crippen molar-refractivity contribution in [3.63, 3.8) is 0 Å². The summed E-state index contributed by atoms with van der Waals surface area (Å²) in [5, 5.41) is 7.69. The van der Waals surface area contributed by atoms with Crippen LogP contribution >= 0.6 is 11.6 Å². The second-order valence-corrected chi connectivity index (χ2v) is 3.12. The van der Waals surface area contributed by atoms with E-state index < -0.39 is 0 Å². The highest BCUT2D eigenvalue weighted by atomic mass is 35.5. The molecule has 0 bridgehead atoms. The van der Waals surface area contributed by atoms with Crippen LogP contribution in [-0.2, 0) is 5.88 Å². The molecule has 1 aromatic heterocycles. The van der Waals surface area contributed by atoms with Crippen molar-refractivity contribution in [2.75, 3.05) is 0 Å². The van der Waals surface area contributed by atoms with Crippen LogP contribution in [0, 0.1) is 0 Å². The summed E-state index contributed by atoms with van der Waals surface area (Å²) in [6.45, 7) is 4.21. The van der Waals surface area contributed by atoms with E-state index in [4.69, 9.17) is 16.0 Å². The van der Waals surface area contributed by atoms with E-state index in [0.29, 0.717) is 23.6 Å². The van der Waals surface area contributed by atoms with Crippen LogP contribution in [0.25, 0.3) is 0 Å². The van der Waals surface area contributed by atoms with E-state index in [2.05, 4.69) is 24.0 Å². The molecule has 1 heterocycles. The molecule has 3 nitrogen and oxygen atoms in total. The van der Waals surface area contributed by atoms with E-state index in [1.54, 1.807) is 0 Å². The fraction of sp³-hybridized carbons (Fsp3) is 0.750. The molecule has 0 spiro atoms. The Labute approximate surface area is 77.1 Å². The molecule has 4 heteroatoms. The van der Waals surface area contributed by atoms with Gasteiger partial charge in [0.2, 0.25) is 11.8 Å². The number of hydrogen-bond acceptors (Lipinski definition) is 3. The Hall–Kier alpha value is -0.570. The molecule has 0 radical (unpaired) electrons. The first-order valence-electron chi connectivity index (χ1n) is 4.16. The summed E-state index contributed by atoms with van der Waals surface area (Å²) in [5.41, 5.74) is 0. The molecular weight excluding hydrogens is 176 g/mol. The van der Waals surface area contributed by atoms with Crippen LogP contribution in [0.1, 0.15) is 44.4 Å². The third kappa shape index (κ3) is 2.21. The molecule has 0 saturated heterocycles. The zero-order chi connectivity index (χ0) is 8.97. The largest absolute Gasteiger partial charge is 0.424 e. The van der Waals surface area contributed by atoms with Crippen molar-refractivity contribution in [1.82, 2.24) is 10.2 Å². The van der Waals surface area contributed by atoms with Gasteiger partial charge in [0.1, 0.15) is 5.88 Å². The molecule has 1 atom stereocenters. The van der Waals surface area contributed by atoms with E-state index in [-0.39, 0.29) is 0 Å². The van der Waals surface area contributed by atoms with Gasteiger partial charge in [0.05, 0.1) is 0 Å². The monoisotopic (exact) mass is 188 g/mol. The van der Waals surface area contributed by atoms with E-state index in [1.165, 1.54) is 0 Å². The van der Waals surface area contributed by atoms with Gasteiger partial charge >= 0.3 is 0 Å². The fourth-order valence-corrected chi connectivity index (χ4v) is 1.18. The molecule has 0 aromatic carbocycles. The Morgan fingerprint density at radius 1 is 1.50 bits per heavy atom. The fourth-order valence-electron chi connectivity index (χ4n) is 1.08. The lowest BCUT2D eigenvalue weighted by molar-refractivity contribution is 0.423. The van der Waals surface area contributed by atoms with Crippen LogP contribution in [-0.4, -0.2) is 10.2 Å². The van der Waals surface area contributed by atoms with Crippen molar-refractivity contribution in [3.05, 3.63) is 11.8 Å². The van der Waals surface area contributed by atoms with Crippen LogP contribution in [0.3, 0.4) is 0 Å². The van der Waals surface area contributed by atoms with Crippen LogP contribution in [0.5, 0.6) is 0 Å². The van der Waals surface area contributed by atoms with E-state index in [0.717, 1.165) is 12.8 Å². The summed E-state index contributed by atoms with van der Waals surface area (Å²) >= 11 is 5.53. The Balaban J connectivity index is 2.61. The smallest absolute Gasteiger partial charge is 0.231 e. The lowest BCUT2D eigenvalue weighted by atomic mass is 10.1. The minimum absolute atomic E-state index is 0.297. The molecule has 0 aliphatic carbocycles. The van der Waals surface area contributed by atoms with Gasteiger partial charge in [-0.15, -0.1) is 21.8 Å². The molecule has 0 fully saturated rings. The average molecular weight is 189 g/mol. The Bertz CT molecular complexity index is 237. The molecule has 1 aromatic rings. The molecule has 1 rings (SSSR count). The standard InChI is InChI=1S/C8H13ClN2O/c1-3-4-6(2)8-11-10-7(5-9)12-8/h6H,3-5H2,1-2H3. The van der Waals surface area contributed by atoms with Crippen molar-refractivity contribution in [2.45, 2.75) is 38.5 Å². The summed E-state index contributed by atoms with van der Waals surface area (Å²) in [7, 11) is 0. The van der Waals surface area contributed by atoms with Crippen molar-refractivity contribution >= 4 is 11.6 Å². The third-order valence-electron chi connectivity index (χ3n) is 1.74. The van der Waals surface area contributed by atoms with Gasteiger partial charge in [0.15, 0.2) is 0 Å². The van der Waals surface area contributed by atoms with Gasteiger partial charge in [0, 0.05) is 5.92 Å². The molecule has 12 heavy (non-hydrogen) atoms. The molecule has 0 amide bonds. The van der Waals surface area contributed by atoms with Gasteiger partial charge in [-0.25, -0.2) is 0 Å². The van der Waals surface area contributed by atoms with Gasteiger partial charge in [-0.2, -0.15) is 0 Å². The van der Waals surface area contributed by atoms with Crippen LogP contribution in [0.4, 0.5) is 0 Å². The second-order valence-electron chi connectivity index (χ2n) is 2.86. The zero-order valence-corrected chi connectivity index (χ0v) is 8.14. The van der Waals surface area contributed by atoms with E-state index in [9.17, 15) is 0 Å². The van der Waals surface area contributed by atoms with Crippen LogP contribution in [0.2, 0.25) is 0 Å². The molecule has 0 N–H and O–H groups in total. The number of halogens is 1. The Kier molecular flexibility index (Phi) is 3.53. The SMILES string of the molecule is CCCC(C)c1nnc(CCl)o1. The van der Waals surface area contributed by atoms with Gasteiger partial charge in [-0.3, -0.25) is 0 Å².